The minimum absolute atomic E-state index is 0.0390. The number of aliphatic hydroxyl groups excluding tert-OH is 2. The third kappa shape index (κ3) is 3.70. The fourth-order valence-corrected chi connectivity index (χ4v) is 2.33. The second-order valence-corrected chi connectivity index (χ2v) is 5.64. The number of hydrogen-bond acceptors (Lipinski definition) is 7. The molecule has 1 aliphatic heterocycles. The largest absolute Gasteiger partial charge is 0.394 e. The molecule has 22 heavy (non-hydrogen) atoms. The topological polar surface area (TPSA) is 131 Å². The molecule has 2 heterocycles. The van der Waals surface area contributed by atoms with Crippen molar-refractivity contribution in [2.24, 2.45) is 0 Å². The number of nitrogens with zero attached hydrogens (tertiary/aromatic N) is 2. The Kier molecular flexibility index (Phi) is 5.28. The molecule has 1 aromatic rings. The van der Waals surface area contributed by atoms with Crippen LogP contribution in [-0.4, -0.2) is 57.6 Å². The number of ether oxygens (including phenoxy) is 1. The Hall–Kier alpha value is -1.77. The standard InChI is InChI=1S/C14H22N4O4/c1-7(2)9-5-10(18-14(15)17-9)13(21)16-8-3-4-22-11(6-19)12(8)20/h5,7-8,11-12,19-20H,3-4,6H2,1-2H3,(H,16,21)(H2,15,17,18)/t8-,11+,12-/m0/s1. The van der Waals surface area contributed by atoms with Crippen molar-refractivity contribution in [3.05, 3.63) is 17.5 Å². The number of amides is 1. The monoisotopic (exact) mass is 310 g/mol. The highest BCUT2D eigenvalue weighted by atomic mass is 16.5. The van der Waals surface area contributed by atoms with Crippen molar-refractivity contribution >= 4 is 11.9 Å². The summed E-state index contributed by atoms with van der Waals surface area (Å²) in [4.78, 5) is 20.3. The highest BCUT2D eigenvalue weighted by molar-refractivity contribution is 5.92. The highest BCUT2D eigenvalue weighted by Crippen LogP contribution is 2.17. The van der Waals surface area contributed by atoms with E-state index < -0.39 is 24.2 Å². The van der Waals surface area contributed by atoms with Crippen LogP contribution < -0.4 is 11.1 Å². The quantitative estimate of drug-likeness (QED) is 0.585. The zero-order valence-electron chi connectivity index (χ0n) is 12.7. The van der Waals surface area contributed by atoms with E-state index in [0.717, 1.165) is 0 Å². The van der Waals surface area contributed by atoms with E-state index >= 15 is 0 Å². The van der Waals surface area contributed by atoms with Crippen LogP contribution in [0.4, 0.5) is 5.95 Å². The predicted octanol–water partition coefficient (Wildman–Crippen LogP) is -0.577. The summed E-state index contributed by atoms with van der Waals surface area (Å²) in [5.74, 6) is -0.278. The van der Waals surface area contributed by atoms with Crippen molar-refractivity contribution in [1.82, 2.24) is 15.3 Å². The van der Waals surface area contributed by atoms with Gasteiger partial charge in [-0.3, -0.25) is 4.79 Å². The van der Waals surface area contributed by atoms with Gasteiger partial charge >= 0.3 is 0 Å². The molecule has 0 aliphatic carbocycles. The van der Waals surface area contributed by atoms with Crippen LogP contribution in [0.1, 0.15) is 42.4 Å². The van der Waals surface area contributed by atoms with Gasteiger partial charge in [-0.2, -0.15) is 0 Å². The molecule has 1 aromatic heterocycles. The number of anilines is 1. The molecular weight excluding hydrogens is 288 g/mol. The van der Waals surface area contributed by atoms with Crippen molar-refractivity contribution in [1.29, 1.82) is 0 Å². The van der Waals surface area contributed by atoms with Gasteiger partial charge in [-0.15, -0.1) is 0 Å². The molecule has 0 spiro atoms. The van der Waals surface area contributed by atoms with E-state index in [-0.39, 0.29) is 24.2 Å². The summed E-state index contributed by atoms with van der Waals surface area (Å²) < 4.78 is 5.23. The Bertz CT molecular complexity index is 538. The molecule has 8 heteroatoms. The van der Waals surface area contributed by atoms with E-state index in [1.807, 2.05) is 13.8 Å². The third-order valence-corrected chi connectivity index (χ3v) is 3.64. The summed E-state index contributed by atoms with van der Waals surface area (Å²) in [6.07, 6.45) is -1.20. The molecule has 8 nitrogen and oxygen atoms in total. The SMILES string of the molecule is CC(C)c1cc(C(=O)N[C@H]2CCO[C@H](CO)[C@H]2O)nc(N)n1. The van der Waals surface area contributed by atoms with Gasteiger partial charge < -0.3 is 26.0 Å². The molecule has 5 N–H and O–H groups in total. The summed E-state index contributed by atoms with van der Waals surface area (Å²) in [6.45, 7) is 3.94. The molecule has 1 fully saturated rings. The van der Waals surface area contributed by atoms with Gasteiger partial charge in [0.15, 0.2) is 0 Å². The van der Waals surface area contributed by atoms with Crippen LogP contribution in [0.5, 0.6) is 0 Å². The first-order valence-corrected chi connectivity index (χ1v) is 7.28. The lowest BCUT2D eigenvalue weighted by Crippen LogP contribution is -2.54. The van der Waals surface area contributed by atoms with E-state index in [2.05, 4.69) is 15.3 Å². The first-order valence-electron chi connectivity index (χ1n) is 7.28. The number of aliphatic hydroxyl groups is 2. The first kappa shape index (κ1) is 16.6. The van der Waals surface area contributed by atoms with Crippen molar-refractivity contribution in [2.75, 3.05) is 18.9 Å². The molecular formula is C14H22N4O4. The average Bonchev–Trinajstić information content (AvgIpc) is 2.48. The highest BCUT2D eigenvalue weighted by Gasteiger charge is 2.33. The van der Waals surface area contributed by atoms with Gasteiger partial charge in [-0.25, -0.2) is 9.97 Å². The number of hydrogen-bond donors (Lipinski definition) is 4. The Labute approximate surface area is 128 Å². The van der Waals surface area contributed by atoms with E-state index in [0.29, 0.717) is 18.7 Å². The van der Waals surface area contributed by atoms with Gasteiger partial charge in [0.1, 0.15) is 17.9 Å². The summed E-state index contributed by atoms with van der Waals surface area (Å²) in [6, 6.07) is 1.09. The fraction of sp³-hybridized carbons (Fsp3) is 0.643. The van der Waals surface area contributed by atoms with Crippen molar-refractivity contribution in [3.8, 4) is 0 Å². The summed E-state index contributed by atoms with van der Waals surface area (Å²) in [5, 5.41) is 21.9. The molecule has 0 bridgehead atoms. The van der Waals surface area contributed by atoms with Gasteiger partial charge in [0, 0.05) is 12.3 Å². The summed E-state index contributed by atoms with van der Waals surface area (Å²) in [5.41, 5.74) is 6.48. The predicted molar refractivity (Wildman–Crippen MR) is 79.2 cm³/mol. The van der Waals surface area contributed by atoms with Crippen molar-refractivity contribution in [2.45, 2.75) is 44.4 Å². The zero-order chi connectivity index (χ0) is 16.3. The number of rotatable bonds is 4. The molecule has 2 rings (SSSR count). The maximum absolute atomic E-state index is 12.3. The summed E-state index contributed by atoms with van der Waals surface area (Å²) in [7, 11) is 0. The lowest BCUT2D eigenvalue weighted by Gasteiger charge is -2.34. The van der Waals surface area contributed by atoms with Crippen LogP contribution in [0.25, 0.3) is 0 Å². The molecule has 1 saturated heterocycles. The van der Waals surface area contributed by atoms with Crippen molar-refractivity contribution < 1.29 is 19.7 Å². The Morgan fingerprint density at radius 2 is 2.27 bits per heavy atom. The second kappa shape index (κ2) is 6.99. The normalized spacial score (nSPS) is 25.2. The van der Waals surface area contributed by atoms with Gasteiger partial charge in [-0.05, 0) is 18.4 Å². The fourth-order valence-electron chi connectivity index (χ4n) is 2.33. The number of carbonyl (C=O) groups is 1. The third-order valence-electron chi connectivity index (χ3n) is 3.64. The Morgan fingerprint density at radius 1 is 1.55 bits per heavy atom. The molecule has 0 radical (unpaired) electrons. The molecule has 0 saturated carbocycles. The maximum Gasteiger partial charge on any atom is 0.270 e. The Balaban J connectivity index is 2.12. The second-order valence-electron chi connectivity index (χ2n) is 5.64. The molecule has 1 amide bonds. The minimum atomic E-state index is -0.966. The maximum atomic E-state index is 12.3. The average molecular weight is 310 g/mol. The van der Waals surface area contributed by atoms with Crippen LogP contribution in [0.2, 0.25) is 0 Å². The smallest absolute Gasteiger partial charge is 0.270 e. The number of nitrogens with two attached hydrogens (primary N) is 1. The summed E-state index contributed by atoms with van der Waals surface area (Å²) >= 11 is 0. The van der Waals surface area contributed by atoms with E-state index in [1.54, 1.807) is 6.07 Å². The lowest BCUT2D eigenvalue weighted by molar-refractivity contribution is -0.107. The van der Waals surface area contributed by atoms with Gasteiger partial charge in [0.25, 0.3) is 5.91 Å². The number of nitrogens with one attached hydrogen (secondary N) is 1. The molecule has 0 unspecified atom stereocenters. The number of aromatic nitrogens is 2. The minimum Gasteiger partial charge on any atom is -0.394 e. The molecule has 122 valence electrons. The van der Waals surface area contributed by atoms with Crippen LogP contribution >= 0.6 is 0 Å². The Morgan fingerprint density at radius 3 is 2.91 bits per heavy atom. The zero-order valence-corrected chi connectivity index (χ0v) is 12.7. The van der Waals surface area contributed by atoms with E-state index in [9.17, 15) is 9.90 Å². The molecule has 0 aromatic carbocycles. The molecule has 1 aliphatic rings. The van der Waals surface area contributed by atoms with Gasteiger partial charge in [0.05, 0.1) is 12.6 Å². The van der Waals surface area contributed by atoms with Gasteiger partial charge in [-0.1, -0.05) is 13.8 Å². The van der Waals surface area contributed by atoms with E-state index in [4.69, 9.17) is 15.6 Å². The van der Waals surface area contributed by atoms with Gasteiger partial charge in [0.2, 0.25) is 5.95 Å². The number of nitrogen functional groups attached to an aromatic ring is 1. The van der Waals surface area contributed by atoms with Crippen LogP contribution in [0.3, 0.4) is 0 Å². The van der Waals surface area contributed by atoms with E-state index in [1.165, 1.54) is 0 Å². The van der Waals surface area contributed by atoms with Crippen LogP contribution in [0.15, 0.2) is 6.07 Å². The number of carbonyl (C=O) groups excluding carboxylic acids is 1. The lowest BCUT2D eigenvalue weighted by atomic mass is 9.99. The van der Waals surface area contributed by atoms with Crippen LogP contribution in [-0.2, 0) is 4.74 Å². The first-order chi connectivity index (χ1) is 10.4. The van der Waals surface area contributed by atoms with Crippen LogP contribution in [0, 0.1) is 0 Å². The molecule has 3 atom stereocenters. The van der Waals surface area contributed by atoms with Crippen molar-refractivity contribution in [3.63, 3.8) is 0 Å².